The van der Waals surface area contributed by atoms with Crippen LogP contribution in [0.15, 0.2) is 41.1 Å². The maximum atomic E-state index is 12.0. The van der Waals surface area contributed by atoms with Crippen molar-refractivity contribution in [3.05, 3.63) is 57.8 Å². The van der Waals surface area contributed by atoms with E-state index in [1.807, 2.05) is 0 Å². The number of rotatable bonds is 3. The van der Waals surface area contributed by atoms with Crippen molar-refractivity contribution in [1.82, 2.24) is 4.98 Å². The lowest BCUT2D eigenvalue weighted by Gasteiger charge is -2.09. The van der Waals surface area contributed by atoms with Gasteiger partial charge in [-0.25, -0.2) is 4.79 Å². The van der Waals surface area contributed by atoms with Gasteiger partial charge >= 0.3 is 5.97 Å². The van der Waals surface area contributed by atoms with Crippen molar-refractivity contribution in [1.29, 1.82) is 0 Å². The molecule has 2 rings (SSSR count). The molecule has 20 heavy (non-hydrogen) atoms. The van der Waals surface area contributed by atoms with Gasteiger partial charge in [-0.3, -0.25) is 9.78 Å². The summed E-state index contributed by atoms with van der Waals surface area (Å²) >= 11 is 3.25. The lowest BCUT2D eigenvalue weighted by molar-refractivity contribution is 0.0696. The molecule has 1 heterocycles. The number of nitrogens with zero attached hydrogens (tertiary/aromatic N) is 1. The molecule has 0 unspecified atom stereocenters. The van der Waals surface area contributed by atoms with Crippen LogP contribution in [0.5, 0.6) is 0 Å². The predicted molar refractivity (Wildman–Crippen MR) is 78.0 cm³/mol. The molecule has 1 aromatic carbocycles. The molecule has 102 valence electrons. The van der Waals surface area contributed by atoms with Gasteiger partial charge in [-0.15, -0.1) is 0 Å². The molecule has 0 aliphatic carbocycles. The number of benzene rings is 1. The lowest BCUT2D eigenvalue weighted by atomic mass is 10.1. The van der Waals surface area contributed by atoms with Gasteiger partial charge in [-0.05, 0) is 52.7 Å². The Labute approximate surface area is 123 Å². The second-order valence-corrected chi connectivity index (χ2v) is 5.10. The minimum absolute atomic E-state index is 0.185. The zero-order valence-electron chi connectivity index (χ0n) is 10.6. The molecule has 0 saturated heterocycles. The van der Waals surface area contributed by atoms with Crippen LogP contribution in [0, 0.1) is 6.92 Å². The van der Waals surface area contributed by atoms with Crippen LogP contribution in [0.25, 0.3) is 0 Å². The molecule has 5 nitrogen and oxygen atoms in total. The third kappa shape index (κ3) is 3.21. The number of nitrogens with one attached hydrogen (secondary N) is 1. The lowest BCUT2D eigenvalue weighted by Crippen LogP contribution is -2.13. The predicted octanol–water partition coefficient (Wildman–Crippen LogP) is 3.10. The van der Waals surface area contributed by atoms with E-state index in [-0.39, 0.29) is 11.5 Å². The third-order valence-corrected chi connectivity index (χ3v) is 3.12. The van der Waals surface area contributed by atoms with Gasteiger partial charge in [0.25, 0.3) is 5.91 Å². The normalized spacial score (nSPS) is 10.1. The molecule has 0 aliphatic heterocycles. The molecule has 2 N–H and O–H groups in total. The first kappa shape index (κ1) is 14.2. The van der Waals surface area contributed by atoms with E-state index in [1.54, 1.807) is 25.3 Å². The highest BCUT2D eigenvalue weighted by Gasteiger charge is 2.10. The van der Waals surface area contributed by atoms with Crippen molar-refractivity contribution < 1.29 is 14.7 Å². The first-order valence-corrected chi connectivity index (χ1v) is 6.52. The Bertz CT molecular complexity index is 686. The summed E-state index contributed by atoms with van der Waals surface area (Å²) in [6.45, 7) is 1.74. The average molecular weight is 335 g/mol. The molecule has 0 atom stereocenters. The second-order valence-electron chi connectivity index (χ2n) is 4.18. The summed E-state index contributed by atoms with van der Waals surface area (Å²) in [5.41, 5.74) is 1.85. The number of pyridine rings is 1. The molecular weight excluding hydrogens is 324 g/mol. The van der Waals surface area contributed by atoms with Crippen LogP contribution < -0.4 is 5.32 Å². The summed E-state index contributed by atoms with van der Waals surface area (Å²) in [5.74, 6) is -1.30. The number of carboxylic acids is 1. The fraction of sp³-hybridized carbons (Fsp3) is 0.0714. The van der Waals surface area contributed by atoms with Gasteiger partial charge < -0.3 is 10.4 Å². The number of halogens is 1. The molecule has 1 aromatic heterocycles. The Balaban J connectivity index is 2.22. The molecule has 0 radical (unpaired) electrons. The van der Waals surface area contributed by atoms with E-state index in [9.17, 15) is 9.59 Å². The summed E-state index contributed by atoms with van der Waals surface area (Å²) in [6, 6.07) is 6.19. The van der Waals surface area contributed by atoms with Crippen LogP contribution in [0.4, 0.5) is 5.69 Å². The van der Waals surface area contributed by atoms with E-state index in [4.69, 9.17) is 5.11 Å². The van der Waals surface area contributed by atoms with Crippen molar-refractivity contribution in [2.24, 2.45) is 0 Å². The van der Waals surface area contributed by atoms with E-state index in [2.05, 4.69) is 26.2 Å². The zero-order chi connectivity index (χ0) is 14.7. The van der Waals surface area contributed by atoms with E-state index in [1.165, 1.54) is 18.3 Å². The Kier molecular flexibility index (Phi) is 4.14. The second kappa shape index (κ2) is 5.83. The number of anilines is 1. The quantitative estimate of drug-likeness (QED) is 0.903. The minimum atomic E-state index is -0.998. The molecular formula is C14H11BrN2O3. The number of aromatic nitrogens is 1. The molecule has 0 bridgehead atoms. The smallest absolute Gasteiger partial charge is 0.335 e. The Hall–Kier alpha value is -2.21. The molecule has 0 spiro atoms. The highest BCUT2D eigenvalue weighted by molar-refractivity contribution is 9.10. The molecule has 0 saturated carbocycles. The number of aryl methyl sites for hydroxylation is 1. The number of aromatic carboxylic acids is 1. The maximum Gasteiger partial charge on any atom is 0.335 e. The van der Waals surface area contributed by atoms with Gasteiger partial charge in [0.05, 0.1) is 11.1 Å². The number of carbonyl (C=O) groups excluding carboxylic acids is 1. The number of amides is 1. The van der Waals surface area contributed by atoms with Gasteiger partial charge in [0, 0.05) is 22.6 Å². The van der Waals surface area contributed by atoms with Gasteiger partial charge in [0.2, 0.25) is 0 Å². The molecule has 2 aromatic rings. The summed E-state index contributed by atoms with van der Waals surface area (Å²) in [7, 11) is 0. The summed E-state index contributed by atoms with van der Waals surface area (Å²) in [6.07, 6.45) is 3.05. The van der Waals surface area contributed by atoms with Gasteiger partial charge in [-0.2, -0.15) is 0 Å². The van der Waals surface area contributed by atoms with Crippen LogP contribution >= 0.6 is 15.9 Å². The molecule has 1 amide bonds. The first-order valence-electron chi connectivity index (χ1n) is 5.73. The highest BCUT2D eigenvalue weighted by atomic mass is 79.9. The van der Waals surface area contributed by atoms with Crippen molar-refractivity contribution >= 4 is 33.5 Å². The SMILES string of the molecule is Cc1cc(C(=O)O)ccc1NC(=O)c1cncc(Br)c1. The third-order valence-electron chi connectivity index (χ3n) is 2.69. The van der Waals surface area contributed by atoms with Gasteiger partial charge in [-0.1, -0.05) is 0 Å². The fourth-order valence-corrected chi connectivity index (χ4v) is 2.03. The number of hydrogen-bond donors (Lipinski definition) is 2. The van der Waals surface area contributed by atoms with Crippen molar-refractivity contribution in [3.63, 3.8) is 0 Å². The summed E-state index contributed by atoms with van der Waals surface area (Å²) < 4.78 is 0.711. The van der Waals surface area contributed by atoms with Gasteiger partial charge in [0.1, 0.15) is 0 Å². The zero-order valence-corrected chi connectivity index (χ0v) is 12.1. The maximum absolute atomic E-state index is 12.0. The van der Waals surface area contributed by atoms with Crippen LogP contribution in [0.3, 0.4) is 0 Å². The number of carboxylic acid groups (broad SMARTS) is 1. The van der Waals surface area contributed by atoms with Crippen molar-refractivity contribution in [2.45, 2.75) is 6.92 Å². The average Bonchev–Trinajstić information content (AvgIpc) is 2.40. The van der Waals surface area contributed by atoms with Crippen LogP contribution in [0.1, 0.15) is 26.3 Å². The van der Waals surface area contributed by atoms with E-state index >= 15 is 0 Å². The number of carbonyl (C=O) groups is 2. The first-order chi connectivity index (χ1) is 9.47. The van der Waals surface area contributed by atoms with E-state index in [0.717, 1.165) is 0 Å². The topological polar surface area (TPSA) is 79.3 Å². The van der Waals surface area contributed by atoms with Crippen LogP contribution in [-0.4, -0.2) is 22.0 Å². The van der Waals surface area contributed by atoms with Crippen LogP contribution in [0.2, 0.25) is 0 Å². The Morgan fingerprint density at radius 2 is 1.95 bits per heavy atom. The molecule has 0 aliphatic rings. The van der Waals surface area contributed by atoms with E-state index < -0.39 is 5.97 Å². The van der Waals surface area contributed by atoms with Crippen molar-refractivity contribution in [3.8, 4) is 0 Å². The standard InChI is InChI=1S/C14H11BrN2O3/c1-8-4-9(14(19)20)2-3-12(8)17-13(18)10-5-11(15)7-16-6-10/h2-7H,1H3,(H,17,18)(H,19,20). The van der Waals surface area contributed by atoms with E-state index in [0.29, 0.717) is 21.3 Å². The Morgan fingerprint density at radius 1 is 1.20 bits per heavy atom. The summed E-state index contributed by atoms with van der Waals surface area (Å²) in [5, 5.41) is 11.6. The summed E-state index contributed by atoms with van der Waals surface area (Å²) in [4.78, 5) is 26.8. The molecule has 6 heteroatoms. The number of hydrogen-bond acceptors (Lipinski definition) is 3. The van der Waals surface area contributed by atoms with Gasteiger partial charge in [0.15, 0.2) is 0 Å². The minimum Gasteiger partial charge on any atom is -0.478 e. The fourth-order valence-electron chi connectivity index (χ4n) is 1.67. The van der Waals surface area contributed by atoms with Crippen LogP contribution in [-0.2, 0) is 0 Å². The largest absolute Gasteiger partial charge is 0.478 e. The molecule has 0 fully saturated rings. The highest BCUT2D eigenvalue weighted by Crippen LogP contribution is 2.18. The van der Waals surface area contributed by atoms with Crippen molar-refractivity contribution in [2.75, 3.05) is 5.32 Å². The Morgan fingerprint density at radius 3 is 2.55 bits per heavy atom. The monoisotopic (exact) mass is 334 g/mol.